The van der Waals surface area contributed by atoms with E-state index in [0.29, 0.717) is 36.5 Å². The van der Waals surface area contributed by atoms with Crippen LogP contribution < -0.4 is 10.5 Å². The number of para-hydroxylation sites is 1. The highest BCUT2D eigenvalue weighted by Gasteiger charge is 2.39. The third-order valence-electron chi connectivity index (χ3n) is 5.07. The molecule has 1 heterocycles. The van der Waals surface area contributed by atoms with Crippen molar-refractivity contribution in [2.45, 2.75) is 31.8 Å². The fourth-order valence-electron chi connectivity index (χ4n) is 3.75. The summed E-state index contributed by atoms with van der Waals surface area (Å²) in [4.78, 5) is 12.7. The van der Waals surface area contributed by atoms with Gasteiger partial charge in [-0.15, -0.1) is 0 Å². The molecule has 1 aliphatic heterocycles. The number of ether oxygens (including phenoxy) is 2. The van der Waals surface area contributed by atoms with Crippen LogP contribution in [-0.2, 0) is 16.1 Å². The number of ketones is 1. The van der Waals surface area contributed by atoms with E-state index >= 15 is 0 Å². The SMILES string of the molecule is N#CC1=C(N)OC2=C(C(=O)CCC2)C1c1ccccc1OCc1ccccc1. The van der Waals surface area contributed by atoms with Gasteiger partial charge < -0.3 is 15.2 Å². The van der Waals surface area contributed by atoms with E-state index in [1.807, 2.05) is 54.6 Å². The highest BCUT2D eigenvalue weighted by atomic mass is 16.5. The molecule has 5 nitrogen and oxygen atoms in total. The third kappa shape index (κ3) is 3.25. The molecule has 5 heteroatoms. The standard InChI is InChI=1S/C23H20N2O3/c24-13-17-21(22-18(26)10-6-12-20(22)28-23(17)25)16-9-4-5-11-19(16)27-14-15-7-2-1-3-8-15/h1-5,7-9,11,21H,6,10,12,14,25H2. The van der Waals surface area contributed by atoms with Crippen molar-refractivity contribution in [3.63, 3.8) is 0 Å². The van der Waals surface area contributed by atoms with Crippen molar-refractivity contribution in [3.05, 3.63) is 88.5 Å². The van der Waals surface area contributed by atoms with Gasteiger partial charge in [-0.2, -0.15) is 5.26 Å². The molecule has 2 aromatic rings. The lowest BCUT2D eigenvalue weighted by atomic mass is 9.77. The van der Waals surface area contributed by atoms with Crippen molar-refractivity contribution in [1.82, 2.24) is 0 Å². The normalized spacial score (nSPS) is 19.0. The first-order valence-corrected chi connectivity index (χ1v) is 9.28. The number of carbonyl (C=O) groups is 1. The number of nitriles is 1. The van der Waals surface area contributed by atoms with Crippen LogP contribution >= 0.6 is 0 Å². The van der Waals surface area contributed by atoms with Crippen molar-refractivity contribution >= 4 is 5.78 Å². The van der Waals surface area contributed by atoms with E-state index in [2.05, 4.69) is 6.07 Å². The molecule has 0 fully saturated rings. The third-order valence-corrected chi connectivity index (χ3v) is 5.07. The minimum atomic E-state index is -0.562. The molecule has 1 atom stereocenters. The Kier molecular flexibility index (Phi) is 4.86. The van der Waals surface area contributed by atoms with Crippen LogP contribution in [0.2, 0.25) is 0 Å². The maximum Gasteiger partial charge on any atom is 0.205 e. The lowest BCUT2D eigenvalue weighted by Crippen LogP contribution is -2.27. The van der Waals surface area contributed by atoms with Gasteiger partial charge in [0, 0.05) is 24.0 Å². The molecule has 0 spiro atoms. The number of allylic oxidation sites excluding steroid dienone is 3. The van der Waals surface area contributed by atoms with E-state index in [1.165, 1.54) is 0 Å². The molecular formula is C23H20N2O3. The Morgan fingerprint density at radius 1 is 1.11 bits per heavy atom. The van der Waals surface area contributed by atoms with Gasteiger partial charge in [-0.25, -0.2) is 0 Å². The Morgan fingerprint density at radius 2 is 1.86 bits per heavy atom. The second kappa shape index (κ2) is 7.61. The topological polar surface area (TPSA) is 85.3 Å². The van der Waals surface area contributed by atoms with Crippen molar-refractivity contribution < 1.29 is 14.3 Å². The highest BCUT2D eigenvalue weighted by Crippen LogP contribution is 2.45. The van der Waals surface area contributed by atoms with Crippen LogP contribution in [0.5, 0.6) is 5.75 Å². The summed E-state index contributed by atoms with van der Waals surface area (Å²) in [5.41, 5.74) is 8.61. The molecule has 0 aromatic heterocycles. The van der Waals surface area contributed by atoms with Gasteiger partial charge in [-0.05, 0) is 18.1 Å². The number of rotatable bonds is 4. The minimum absolute atomic E-state index is 0.00404. The first kappa shape index (κ1) is 17.9. The largest absolute Gasteiger partial charge is 0.489 e. The molecule has 0 bridgehead atoms. The first-order valence-electron chi connectivity index (χ1n) is 9.28. The van der Waals surface area contributed by atoms with E-state index in [0.717, 1.165) is 17.5 Å². The van der Waals surface area contributed by atoms with Crippen LogP contribution in [0, 0.1) is 11.3 Å². The molecule has 0 saturated heterocycles. The molecule has 140 valence electrons. The van der Waals surface area contributed by atoms with Gasteiger partial charge in [-0.3, -0.25) is 4.79 Å². The first-order chi connectivity index (χ1) is 13.7. The van der Waals surface area contributed by atoms with Gasteiger partial charge in [-0.1, -0.05) is 48.5 Å². The Hall–Kier alpha value is -3.52. The van der Waals surface area contributed by atoms with Crippen molar-refractivity contribution in [2.24, 2.45) is 5.73 Å². The zero-order valence-corrected chi connectivity index (χ0v) is 15.4. The predicted octanol–water partition coefficient (Wildman–Crippen LogP) is 4.08. The van der Waals surface area contributed by atoms with E-state index in [4.69, 9.17) is 15.2 Å². The number of carbonyl (C=O) groups excluding carboxylic acids is 1. The number of hydrogen-bond donors (Lipinski definition) is 1. The quantitative estimate of drug-likeness (QED) is 0.874. The maximum absolute atomic E-state index is 12.7. The summed E-state index contributed by atoms with van der Waals surface area (Å²) < 4.78 is 11.7. The van der Waals surface area contributed by atoms with Crippen LogP contribution in [0.4, 0.5) is 0 Å². The summed E-state index contributed by atoms with van der Waals surface area (Å²) in [6, 6.07) is 19.5. The average Bonchev–Trinajstić information content (AvgIpc) is 2.72. The van der Waals surface area contributed by atoms with E-state index in [1.54, 1.807) is 0 Å². The van der Waals surface area contributed by atoms with Crippen LogP contribution in [0.25, 0.3) is 0 Å². The molecule has 2 aliphatic rings. The van der Waals surface area contributed by atoms with Crippen LogP contribution in [0.3, 0.4) is 0 Å². The summed E-state index contributed by atoms with van der Waals surface area (Å²) in [6.07, 6.45) is 1.82. The van der Waals surface area contributed by atoms with E-state index in [-0.39, 0.29) is 17.2 Å². The average molecular weight is 372 g/mol. The van der Waals surface area contributed by atoms with Gasteiger partial charge in [0.15, 0.2) is 5.78 Å². The van der Waals surface area contributed by atoms with Gasteiger partial charge in [0.25, 0.3) is 0 Å². The fraction of sp³-hybridized carbons (Fsp3) is 0.217. The molecule has 28 heavy (non-hydrogen) atoms. The summed E-state index contributed by atoms with van der Waals surface area (Å²) >= 11 is 0. The second-order valence-corrected chi connectivity index (χ2v) is 6.85. The maximum atomic E-state index is 12.7. The smallest absolute Gasteiger partial charge is 0.205 e. The lowest BCUT2D eigenvalue weighted by Gasteiger charge is -2.31. The zero-order chi connectivity index (χ0) is 19.5. The van der Waals surface area contributed by atoms with Gasteiger partial charge in [0.2, 0.25) is 5.88 Å². The number of hydrogen-bond acceptors (Lipinski definition) is 5. The number of nitrogens with zero attached hydrogens (tertiary/aromatic N) is 1. The van der Waals surface area contributed by atoms with Gasteiger partial charge in [0.05, 0.1) is 5.92 Å². The second-order valence-electron chi connectivity index (χ2n) is 6.85. The van der Waals surface area contributed by atoms with Gasteiger partial charge >= 0.3 is 0 Å². The zero-order valence-electron chi connectivity index (χ0n) is 15.4. The van der Waals surface area contributed by atoms with Crippen molar-refractivity contribution in [3.8, 4) is 11.8 Å². The molecule has 1 aliphatic carbocycles. The fourth-order valence-corrected chi connectivity index (χ4v) is 3.75. The van der Waals surface area contributed by atoms with E-state index in [9.17, 15) is 10.1 Å². The minimum Gasteiger partial charge on any atom is -0.489 e. The summed E-state index contributed by atoms with van der Waals surface area (Å²) in [7, 11) is 0. The molecule has 2 aromatic carbocycles. The molecule has 0 amide bonds. The van der Waals surface area contributed by atoms with Crippen LogP contribution in [-0.4, -0.2) is 5.78 Å². The molecule has 0 radical (unpaired) electrons. The molecule has 2 N–H and O–H groups in total. The Labute approximate surface area is 163 Å². The number of nitrogens with two attached hydrogens (primary N) is 1. The van der Waals surface area contributed by atoms with Crippen LogP contribution in [0.1, 0.15) is 36.3 Å². The lowest BCUT2D eigenvalue weighted by molar-refractivity contribution is -0.116. The van der Waals surface area contributed by atoms with Crippen LogP contribution in [0.15, 0.2) is 77.4 Å². The molecule has 4 rings (SSSR count). The summed E-state index contributed by atoms with van der Waals surface area (Å²) in [5, 5.41) is 9.73. The summed E-state index contributed by atoms with van der Waals surface area (Å²) in [6.45, 7) is 0.391. The molecule has 0 saturated carbocycles. The van der Waals surface area contributed by atoms with Crippen molar-refractivity contribution in [2.75, 3.05) is 0 Å². The number of benzene rings is 2. The Balaban J connectivity index is 1.76. The summed E-state index contributed by atoms with van der Waals surface area (Å²) in [5.74, 6) is 0.719. The molecular weight excluding hydrogens is 352 g/mol. The Morgan fingerprint density at radius 3 is 2.64 bits per heavy atom. The monoisotopic (exact) mass is 372 g/mol. The predicted molar refractivity (Wildman–Crippen MR) is 104 cm³/mol. The van der Waals surface area contributed by atoms with E-state index < -0.39 is 5.92 Å². The Bertz CT molecular complexity index is 1020. The molecule has 1 unspecified atom stereocenters. The number of Topliss-reactive ketones (excluding diaryl/α,β-unsaturated/α-hetero) is 1. The highest BCUT2D eigenvalue weighted by molar-refractivity contribution is 5.99. The van der Waals surface area contributed by atoms with Gasteiger partial charge in [0.1, 0.15) is 29.8 Å². The van der Waals surface area contributed by atoms with Crippen molar-refractivity contribution in [1.29, 1.82) is 5.26 Å².